The number of para-hydroxylation sites is 1. The summed E-state index contributed by atoms with van der Waals surface area (Å²) in [7, 11) is 2.98. The van der Waals surface area contributed by atoms with Crippen molar-refractivity contribution >= 4 is 17.5 Å². The fourth-order valence-corrected chi connectivity index (χ4v) is 2.56. The van der Waals surface area contributed by atoms with Gasteiger partial charge in [-0.05, 0) is 31.4 Å². The van der Waals surface area contributed by atoms with Crippen molar-refractivity contribution in [3.8, 4) is 0 Å². The van der Waals surface area contributed by atoms with Crippen LogP contribution in [0.5, 0.6) is 0 Å². The van der Waals surface area contributed by atoms with E-state index in [0.717, 1.165) is 5.06 Å². The average Bonchev–Trinajstić information content (AvgIpc) is 2.53. The van der Waals surface area contributed by atoms with E-state index in [1.165, 1.54) is 7.11 Å². The van der Waals surface area contributed by atoms with Gasteiger partial charge in [0.05, 0.1) is 18.4 Å². The summed E-state index contributed by atoms with van der Waals surface area (Å²) < 4.78 is 0. The second-order valence-corrected chi connectivity index (χ2v) is 5.84. The smallest absolute Gasteiger partial charge is 0.279 e. The maximum absolute atomic E-state index is 12.5. The third-order valence-corrected chi connectivity index (χ3v) is 3.74. The lowest BCUT2D eigenvalue weighted by Gasteiger charge is -2.33. The number of hydroxylamine groups is 2. The molecule has 0 fully saturated rings. The van der Waals surface area contributed by atoms with E-state index in [-0.39, 0.29) is 11.8 Å². The van der Waals surface area contributed by atoms with Crippen molar-refractivity contribution in [2.75, 3.05) is 25.6 Å². The molecule has 6 nitrogen and oxygen atoms in total. The first-order valence-corrected chi connectivity index (χ1v) is 7.80. The SMILES string of the molecule is CCN(c1ccccc1C(=O)N(C)OC)[C@@H](CC(C)C)C(N)=O. The number of carbonyl (C=O) groups is 2. The van der Waals surface area contributed by atoms with Gasteiger partial charge in [-0.1, -0.05) is 26.0 Å². The minimum absolute atomic E-state index is 0.269. The fraction of sp³-hybridized carbons (Fsp3) is 0.529. The van der Waals surface area contributed by atoms with Gasteiger partial charge >= 0.3 is 0 Å². The van der Waals surface area contributed by atoms with Crippen LogP contribution in [0, 0.1) is 5.92 Å². The molecule has 0 aromatic heterocycles. The van der Waals surface area contributed by atoms with E-state index in [1.807, 2.05) is 37.8 Å². The predicted molar refractivity (Wildman–Crippen MR) is 91.0 cm³/mol. The Kier molecular flexibility index (Phi) is 7.03. The molecular formula is C17H27N3O3. The molecule has 23 heavy (non-hydrogen) atoms. The normalized spacial score (nSPS) is 12.1. The molecule has 0 spiro atoms. The number of carbonyl (C=O) groups excluding carboxylic acids is 2. The first-order chi connectivity index (χ1) is 10.8. The molecule has 2 amide bonds. The Labute approximate surface area is 138 Å². The molecule has 1 atom stereocenters. The van der Waals surface area contributed by atoms with Crippen molar-refractivity contribution in [2.24, 2.45) is 11.7 Å². The van der Waals surface area contributed by atoms with Gasteiger partial charge in [0.25, 0.3) is 5.91 Å². The van der Waals surface area contributed by atoms with Gasteiger partial charge in [0, 0.05) is 13.6 Å². The topological polar surface area (TPSA) is 75.9 Å². The van der Waals surface area contributed by atoms with Crippen molar-refractivity contribution in [3.63, 3.8) is 0 Å². The van der Waals surface area contributed by atoms with Gasteiger partial charge in [-0.15, -0.1) is 0 Å². The molecule has 0 bridgehead atoms. The zero-order valence-electron chi connectivity index (χ0n) is 14.6. The lowest BCUT2D eigenvalue weighted by molar-refractivity contribution is -0.119. The quantitative estimate of drug-likeness (QED) is 0.744. The Hall–Kier alpha value is -2.08. The Bertz CT molecular complexity index is 546. The van der Waals surface area contributed by atoms with Crippen LogP contribution in [0.25, 0.3) is 0 Å². The highest BCUT2D eigenvalue weighted by molar-refractivity contribution is 6.00. The molecule has 1 rings (SSSR count). The first-order valence-electron chi connectivity index (χ1n) is 7.80. The van der Waals surface area contributed by atoms with Crippen LogP contribution in [0.3, 0.4) is 0 Å². The fourth-order valence-electron chi connectivity index (χ4n) is 2.56. The number of primary amides is 1. The van der Waals surface area contributed by atoms with E-state index in [1.54, 1.807) is 19.2 Å². The second-order valence-electron chi connectivity index (χ2n) is 5.84. The number of hydrogen-bond donors (Lipinski definition) is 1. The summed E-state index contributed by atoms with van der Waals surface area (Å²) in [5.74, 6) is -0.344. The van der Waals surface area contributed by atoms with Crippen molar-refractivity contribution < 1.29 is 14.4 Å². The first kappa shape index (κ1) is 19.0. The van der Waals surface area contributed by atoms with E-state index in [0.29, 0.717) is 30.1 Å². The number of benzene rings is 1. The molecule has 128 valence electrons. The summed E-state index contributed by atoms with van der Waals surface area (Å²) in [6.07, 6.45) is 0.631. The van der Waals surface area contributed by atoms with Gasteiger partial charge in [0.1, 0.15) is 6.04 Å². The second kappa shape index (κ2) is 8.53. The minimum Gasteiger partial charge on any atom is -0.368 e. The predicted octanol–water partition coefficient (Wildman–Crippen LogP) is 2.05. The number of rotatable bonds is 8. The van der Waals surface area contributed by atoms with Crippen LogP contribution in [0.2, 0.25) is 0 Å². The molecule has 0 saturated heterocycles. The minimum atomic E-state index is -0.457. The monoisotopic (exact) mass is 321 g/mol. The Balaban J connectivity index is 3.29. The van der Waals surface area contributed by atoms with Crippen LogP contribution in [0.1, 0.15) is 37.6 Å². The van der Waals surface area contributed by atoms with Crippen LogP contribution in [-0.2, 0) is 9.63 Å². The van der Waals surface area contributed by atoms with Gasteiger partial charge in [-0.25, -0.2) is 5.06 Å². The van der Waals surface area contributed by atoms with Gasteiger partial charge in [0.2, 0.25) is 5.91 Å². The van der Waals surface area contributed by atoms with Crippen LogP contribution in [0.15, 0.2) is 24.3 Å². The summed E-state index contributed by atoms with van der Waals surface area (Å²) in [4.78, 5) is 31.3. The molecule has 2 N–H and O–H groups in total. The molecule has 0 saturated carbocycles. The number of anilines is 1. The highest BCUT2D eigenvalue weighted by atomic mass is 16.7. The van der Waals surface area contributed by atoms with E-state index in [9.17, 15) is 9.59 Å². The van der Waals surface area contributed by atoms with Crippen molar-refractivity contribution in [3.05, 3.63) is 29.8 Å². The van der Waals surface area contributed by atoms with Gasteiger partial charge in [-0.3, -0.25) is 14.4 Å². The molecule has 0 aliphatic carbocycles. The summed E-state index contributed by atoms with van der Waals surface area (Å²) in [6.45, 7) is 6.60. The van der Waals surface area contributed by atoms with Crippen molar-refractivity contribution in [1.29, 1.82) is 0 Å². The summed E-state index contributed by atoms with van der Waals surface area (Å²) in [5.41, 5.74) is 6.78. The highest BCUT2D eigenvalue weighted by Gasteiger charge is 2.27. The summed E-state index contributed by atoms with van der Waals surface area (Å²) in [6, 6.07) is 6.73. The summed E-state index contributed by atoms with van der Waals surface area (Å²) >= 11 is 0. The molecule has 0 unspecified atom stereocenters. The molecule has 0 heterocycles. The highest BCUT2D eigenvalue weighted by Crippen LogP contribution is 2.26. The lowest BCUT2D eigenvalue weighted by Crippen LogP contribution is -2.46. The number of likely N-dealkylation sites (N-methyl/N-ethyl adjacent to an activating group) is 1. The Morgan fingerprint density at radius 3 is 2.35 bits per heavy atom. The van der Waals surface area contributed by atoms with Crippen LogP contribution >= 0.6 is 0 Å². The zero-order chi connectivity index (χ0) is 17.6. The Morgan fingerprint density at radius 2 is 1.87 bits per heavy atom. The number of hydrogen-bond acceptors (Lipinski definition) is 4. The molecular weight excluding hydrogens is 294 g/mol. The summed E-state index contributed by atoms with van der Waals surface area (Å²) in [5, 5.41) is 1.16. The van der Waals surface area contributed by atoms with E-state index in [4.69, 9.17) is 10.6 Å². The van der Waals surface area contributed by atoms with Crippen molar-refractivity contribution in [2.45, 2.75) is 33.2 Å². The van der Waals surface area contributed by atoms with Gasteiger partial charge in [-0.2, -0.15) is 0 Å². The standard InChI is InChI=1S/C17H27N3O3/c1-6-20(15(16(18)21)11-12(2)3)14-10-8-7-9-13(14)17(22)19(4)23-5/h7-10,12,15H,6,11H2,1-5H3,(H2,18,21)/t15-/m0/s1. The Morgan fingerprint density at radius 1 is 1.26 bits per heavy atom. The maximum atomic E-state index is 12.5. The van der Waals surface area contributed by atoms with Crippen molar-refractivity contribution in [1.82, 2.24) is 5.06 Å². The molecule has 0 aliphatic heterocycles. The van der Waals surface area contributed by atoms with Crippen LogP contribution < -0.4 is 10.6 Å². The van der Waals surface area contributed by atoms with Crippen LogP contribution in [-0.4, -0.2) is 43.6 Å². The van der Waals surface area contributed by atoms with Crippen LogP contribution in [0.4, 0.5) is 5.69 Å². The van der Waals surface area contributed by atoms with Gasteiger partial charge in [0.15, 0.2) is 0 Å². The third-order valence-electron chi connectivity index (χ3n) is 3.74. The number of nitrogens with two attached hydrogens (primary N) is 1. The van der Waals surface area contributed by atoms with E-state index < -0.39 is 6.04 Å². The molecule has 0 aliphatic rings. The van der Waals surface area contributed by atoms with Gasteiger partial charge < -0.3 is 10.6 Å². The molecule has 0 radical (unpaired) electrons. The van der Waals surface area contributed by atoms with E-state index in [2.05, 4.69) is 0 Å². The third kappa shape index (κ3) is 4.69. The van der Waals surface area contributed by atoms with E-state index >= 15 is 0 Å². The molecule has 6 heteroatoms. The largest absolute Gasteiger partial charge is 0.368 e. The zero-order valence-corrected chi connectivity index (χ0v) is 14.6. The average molecular weight is 321 g/mol. The molecule has 1 aromatic carbocycles. The number of nitrogens with zero attached hydrogens (tertiary/aromatic N) is 2. The lowest BCUT2D eigenvalue weighted by atomic mass is 10.00. The number of amides is 2. The molecule has 1 aromatic rings. The maximum Gasteiger partial charge on any atom is 0.279 e.